The Morgan fingerprint density at radius 3 is 2.50 bits per heavy atom. The van der Waals surface area contributed by atoms with Gasteiger partial charge in [-0.15, -0.1) is 0 Å². The molecule has 7 heteroatoms. The molecule has 0 spiro atoms. The van der Waals surface area contributed by atoms with E-state index in [9.17, 15) is 4.79 Å². The van der Waals surface area contributed by atoms with Crippen molar-refractivity contribution in [2.75, 3.05) is 19.5 Å². The molecule has 1 atom stereocenters. The zero-order valence-corrected chi connectivity index (χ0v) is 17.1. The lowest BCUT2D eigenvalue weighted by molar-refractivity contribution is -0.113. The number of hydrogen-bond acceptors (Lipinski definition) is 4. The molecule has 0 unspecified atom stereocenters. The van der Waals surface area contributed by atoms with Gasteiger partial charge in [-0.2, -0.15) is 0 Å². The predicted molar refractivity (Wildman–Crippen MR) is 114 cm³/mol. The molecule has 0 fully saturated rings. The van der Waals surface area contributed by atoms with Gasteiger partial charge in [-0.05, 0) is 43.8 Å². The Labute approximate surface area is 169 Å². The Morgan fingerprint density at radius 2 is 1.82 bits per heavy atom. The summed E-state index contributed by atoms with van der Waals surface area (Å²) in [5.74, 6) is 0.924. The molecule has 28 heavy (non-hydrogen) atoms. The van der Waals surface area contributed by atoms with Crippen molar-refractivity contribution >= 4 is 28.9 Å². The van der Waals surface area contributed by atoms with Crippen LogP contribution in [0.1, 0.15) is 24.1 Å². The third kappa shape index (κ3) is 3.80. The summed E-state index contributed by atoms with van der Waals surface area (Å²) in [5.41, 5.74) is 3.72. The van der Waals surface area contributed by atoms with E-state index in [0.29, 0.717) is 27.9 Å². The number of nitrogens with one attached hydrogen (secondary N) is 3. The summed E-state index contributed by atoms with van der Waals surface area (Å²) in [7, 11) is 3.15. The van der Waals surface area contributed by atoms with Crippen LogP contribution in [-0.4, -0.2) is 25.2 Å². The summed E-state index contributed by atoms with van der Waals surface area (Å²) < 4.78 is 11.0. The van der Waals surface area contributed by atoms with Crippen molar-refractivity contribution in [3.05, 3.63) is 64.9 Å². The van der Waals surface area contributed by atoms with Crippen LogP contribution in [0.3, 0.4) is 0 Å². The first-order valence-corrected chi connectivity index (χ1v) is 9.23. The summed E-state index contributed by atoms with van der Waals surface area (Å²) >= 11 is 5.33. The van der Waals surface area contributed by atoms with E-state index in [4.69, 9.17) is 21.7 Å². The van der Waals surface area contributed by atoms with E-state index in [1.165, 1.54) is 0 Å². The highest BCUT2D eigenvalue weighted by atomic mass is 32.1. The van der Waals surface area contributed by atoms with Crippen LogP contribution >= 0.6 is 12.2 Å². The molecule has 146 valence electrons. The third-order valence-corrected chi connectivity index (χ3v) is 4.87. The Bertz CT molecular complexity index is 956. The molecule has 3 rings (SSSR count). The first-order chi connectivity index (χ1) is 13.5. The van der Waals surface area contributed by atoms with E-state index < -0.39 is 6.04 Å². The van der Waals surface area contributed by atoms with E-state index >= 15 is 0 Å². The zero-order valence-electron chi connectivity index (χ0n) is 16.3. The van der Waals surface area contributed by atoms with Gasteiger partial charge in [0, 0.05) is 16.9 Å². The lowest BCUT2D eigenvalue weighted by Crippen LogP contribution is -2.45. The highest BCUT2D eigenvalue weighted by Gasteiger charge is 2.32. The molecule has 2 aromatic rings. The van der Waals surface area contributed by atoms with Crippen LogP contribution in [0.15, 0.2) is 53.7 Å². The molecule has 0 aromatic heterocycles. The van der Waals surface area contributed by atoms with Crippen molar-refractivity contribution in [2.24, 2.45) is 0 Å². The fraction of sp³-hybridized carbons (Fsp3) is 0.238. The fourth-order valence-corrected chi connectivity index (χ4v) is 3.54. The number of hydrogen-bond donors (Lipinski definition) is 3. The number of amides is 1. The SMILES string of the molecule is COc1cccc([C@@H]2NC(=S)NC(C)=C2C(=O)Nc2ccccc2C)c1OC. The molecule has 6 nitrogen and oxygen atoms in total. The quantitative estimate of drug-likeness (QED) is 0.672. The molecule has 2 aromatic carbocycles. The number of carbonyl (C=O) groups excluding carboxylic acids is 1. The van der Waals surface area contributed by atoms with E-state index in [1.807, 2.05) is 56.3 Å². The summed E-state index contributed by atoms with van der Waals surface area (Å²) in [6.45, 7) is 3.78. The highest BCUT2D eigenvalue weighted by molar-refractivity contribution is 7.80. The Hall–Kier alpha value is -3.06. The number of anilines is 1. The maximum atomic E-state index is 13.2. The molecule has 0 bridgehead atoms. The van der Waals surface area contributed by atoms with Crippen LogP contribution in [0.5, 0.6) is 11.5 Å². The highest BCUT2D eigenvalue weighted by Crippen LogP contribution is 2.39. The van der Waals surface area contributed by atoms with Gasteiger partial charge in [-0.3, -0.25) is 4.79 Å². The van der Waals surface area contributed by atoms with Crippen LogP contribution in [0.2, 0.25) is 0 Å². The van der Waals surface area contributed by atoms with Crippen molar-refractivity contribution in [1.82, 2.24) is 10.6 Å². The molecule has 0 saturated carbocycles. The lowest BCUT2D eigenvalue weighted by atomic mass is 9.93. The molecule has 3 N–H and O–H groups in total. The number of para-hydroxylation sites is 2. The van der Waals surface area contributed by atoms with Gasteiger partial charge in [-0.25, -0.2) is 0 Å². The van der Waals surface area contributed by atoms with Crippen molar-refractivity contribution in [3.63, 3.8) is 0 Å². The number of aryl methyl sites for hydroxylation is 1. The average molecular weight is 398 g/mol. The Balaban J connectivity index is 2.05. The second-order valence-electron chi connectivity index (χ2n) is 6.42. The van der Waals surface area contributed by atoms with Gasteiger partial charge >= 0.3 is 0 Å². The summed E-state index contributed by atoms with van der Waals surface area (Å²) in [6, 6.07) is 12.7. The van der Waals surface area contributed by atoms with Gasteiger partial charge in [0.15, 0.2) is 16.6 Å². The average Bonchev–Trinajstić information content (AvgIpc) is 2.68. The maximum Gasteiger partial charge on any atom is 0.255 e. The Morgan fingerprint density at radius 1 is 1.07 bits per heavy atom. The van der Waals surface area contributed by atoms with Gasteiger partial charge < -0.3 is 25.4 Å². The lowest BCUT2D eigenvalue weighted by Gasteiger charge is -2.31. The van der Waals surface area contributed by atoms with Crippen LogP contribution in [-0.2, 0) is 4.79 Å². The number of allylic oxidation sites excluding steroid dienone is 1. The summed E-state index contributed by atoms with van der Waals surface area (Å²) in [4.78, 5) is 13.2. The van der Waals surface area contributed by atoms with Gasteiger partial charge in [0.1, 0.15) is 0 Å². The molecule has 1 aliphatic heterocycles. The Kier molecular flexibility index (Phi) is 5.84. The monoisotopic (exact) mass is 397 g/mol. The number of thiocarbonyl (C=S) groups is 1. The van der Waals surface area contributed by atoms with Gasteiger partial charge in [0.25, 0.3) is 5.91 Å². The number of ether oxygens (including phenoxy) is 2. The predicted octanol–water partition coefficient (Wildman–Crippen LogP) is 3.44. The second kappa shape index (κ2) is 8.31. The third-order valence-electron chi connectivity index (χ3n) is 4.65. The molecule has 0 saturated heterocycles. The van der Waals surface area contributed by atoms with Crippen molar-refractivity contribution in [3.8, 4) is 11.5 Å². The normalized spacial score (nSPS) is 16.1. The van der Waals surface area contributed by atoms with Gasteiger partial charge in [0.05, 0.1) is 25.8 Å². The van der Waals surface area contributed by atoms with Gasteiger partial charge in [-0.1, -0.05) is 30.3 Å². The van der Waals surface area contributed by atoms with Crippen LogP contribution in [0.4, 0.5) is 5.69 Å². The summed E-state index contributed by atoms with van der Waals surface area (Å²) in [6.07, 6.45) is 0. The van der Waals surface area contributed by atoms with Gasteiger partial charge in [0.2, 0.25) is 0 Å². The van der Waals surface area contributed by atoms with Crippen molar-refractivity contribution in [1.29, 1.82) is 0 Å². The van der Waals surface area contributed by atoms with Crippen LogP contribution in [0, 0.1) is 6.92 Å². The number of methoxy groups -OCH3 is 2. The fourth-order valence-electron chi connectivity index (χ4n) is 3.27. The standard InChI is InChI=1S/C21H23N3O3S/c1-12-8-5-6-10-15(12)23-20(25)17-13(2)22-21(28)24-18(17)14-9-7-11-16(26-3)19(14)27-4/h5-11,18H,1-4H3,(H,23,25)(H2,22,24,28)/t18-/m0/s1. The molecule has 0 aliphatic carbocycles. The minimum absolute atomic E-state index is 0.218. The second-order valence-corrected chi connectivity index (χ2v) is 6.83. The minimum atomic E-state index is -0.484. The number of benzene rings is 2. The molecule has 1 heterocycles. The van der Waals surface area contributed by atoms with Crippen molar-refractivity contribution in [2.45, 2.75) is 19.9 Å². The maximum absolute atomic E-state index is 13.2. The first kappa shape index (κ1) is 19.7. The van der Waals surface area contributed by atoms with E-state index in [1.54, 1.807) is 14.2 Å². The largest absolute Gasteiger partial charge is 0.493 e. The minimum Gasteiger partial charge on any atom is -0.493 e. The van der Waals surface area contributed by atoms with Crippen LogP contribution < -0.4 is 25.4 Å². The topological polar surface area (TPSA) is 71.6 Å². The van der Waals surface area contributed by atoms with E-state index in [2.05, 4.69) is 16.0 Å². The molecular weight excluding hydrogens is 374 g/mol. The molecule has 1 amide bonds. The summed E-state index contributed by atoms with van der Waals surface area (Å²) in [5, 5.41) is 9.67. The zero-order chi connectivity index (χ0) is 20.3. The van der Waals surface area contributed by atoms with Crippen molar-refractivity contribution < 1.29 is 14.3 Å². The molecule has 1 aliphatic rings. The smallest absolute Gasteiger partial charge is 0.255 e. The first-order valence-electron chi connectivity index (χ1n) is 8.82. The van der Waals surface area contributed by atoms with Crippen LogP contribution in [0.25, 0.3) is 0 Å². The molecule has 0 radical (unpaired) electrons. The molecular formula is C21H23N3O3S. The number of carbonyl (C=O) groups is 1. The number of rotatable bonds is 5. The van der Waals surface area contributed by atoms with E-state index in [-0.39, 0.29) is 5.91 Å². The van der Waals surface area contributed by atoms with E-state index in [0.717, 1.165) is 16.8 Å².